The van der Waals surface area contributed by atoms with Gasteiger partial charge in [0.25, 0.3) is 0 Å². The Hall–Kier alpha value is -1.22. The van der Waals surface area contributed by atoms with Gasteiger partial charge in [-0.2, -0.15) is 0 Å². The Bertz CT molecular complexity index is 520. The van der Waals surface area contributed by atoms with Crippen LogP contribution in [0.1, 0.15) is 27.7 Å². The Labute approximate surface area is 127 Å². The lowest BCUT2D eigenvalue weighted by Crippen LogP contribution is -2.42. The number of anilines is 1. The predicted octanol–water partition coefficient (Wildman–Crippen LogP) is 0.764. The van der Waals surface area contributed by atoms with Gasteiger partial charge in [-0.3, -0.25) is 4.90 Å². The normalized spacial score (nSPS) is 12.4. The summed E-state index contributed by atoms with van der Waals surface area (Å²) in [6.07, 6.45) is 1.28. The van der Waals surface area contributed by atoms with Crippen molar-refractivity contribution in [2.45, 2.75) is 44.7 Å². The second-order valence-electron chi connectivity index (χ2n) is 5.35. The SMILES string of the molecule is CC(C)N(CCNS(=O)(=O)c1ccc(NN)nc1)C(C)C. The summed E-state index contributed by atoms with van der Waals surface area (Å²) in [6.45, 7) is 9.39. The molecule has 0 aliphatic carbocycles. The van der Waals surface area contributed by atoms with Gasteiger partial charge in [0.1, 0.15) is 10.7 Å². The van der Waals surface area contributed by atoms with Gasteiger partial charge in [-0.15, -0.1) is 0 Å². The molecule has 0 aromatic carbocycles. The van der Waals surface area contributed by atoms with Crippen molar-refractivity contribution in [2.75, 3.05) is 18.5 Å². The van der Waals surface area contributed by atoms with E-state index in [4.69, 9.17) is 5.84 Å². The first kappa shape index (κ1) is 17.8. The van der Waals surface area contributed by atoms with Gasteiger partial charge in [0.05, 0.1) is 0 Å². The number of nitrogens with one attached hydrogen (secondary N) is 2. The van der Waals surface area contributed by atoms with Crippen LogP contribution in [0.15, 0.2) is 23.2 Å². The molecule has 0 unspecified atom stereocenters. The van der Waals surface area contributed by atoms with Crippen LogP contribution in [0.5, 0.6) is 0 Å². The van der Waals surface area contributed by atoms with Crippen LogP contribution in [-0.4, -0.2) is 43.5 Å². The Balaban J connectivity index is 2.64. The van der Waals surface area contributed by atoms with Crippen molar-refractivity contribution in [2.24, 2.45) is 5.84 Å². The molecule has 1 rings (SSSR count). The summed E-state index contributed by atoms with van der Waals surface area (Å²) in [6, 6.07) is 3.72. The van der Waals surface area contributed by atoms with Crippen LogP contribution in [-0.2, 0) is 10.0 Å². The van der Waals surface area contributed by atoms with Gasteiger partial charge >= 0.3 is 0 Å². The van der Waals surface area contributed by atoms with Crippen LogP contribution in [0.3, 0.4) is 0 Å². The molecule has 0 aliphatic heterocycles. The van der Waals surface area contributed by atoms with Gasteiger partial charge in [-0.1, -0.05) is 0 Å². The number of hydrogen-bond donors (Lipinski definition) is 3. The number of hydrazine groups is 1. The summed E-state index contributed by atoms with van der Waals surface area (Å²) in [5, 5.41) is 0. The average molecular weight is 315 g/mol. The van der Waals surface area contributed by atoms with E-state index in [0.717, 1.165) is 0 Å². The molecule has 0 fully saturated rings. The van der Waals surface area contributed by atoms with E-state index in [9.17, 15) is 8.42 Å². The van der Waals surface area contributed by atoms with Crippen molar-refractivity contribution < 1.29 is 8.42 Å². The van der Waals surface area contributed by atoms with E-state index >= 15 is 0 Å². The maximum absolute atomic E-state index is 12.1. The first-order valence-electron chi connectivity index (χ1n) is 6.96. The van der Waals surface area contributed by atoms with Crippen molar-refractivity contribution in [3.8, 4) is 0 Å². The summed E-state index contributed by atoms with van der Waals surface area (Å²) < 4.78 is 26.9. The fourth-order valence-corrected chi connectivity index (χ4v) is 3.10. The lowest BCUT2D eigenvalue weighted by atomic mass is 10.2. The molecule has 0 saturated heterocycles. The molecule has 0 radical (unpaired) electrons. The van der Waals surface area contributed by atoms with E-state index < -0.39 is 10.0 Å². The second-order valence-corrected chi connectivity index (χ2v) is 7.11. The summed E-state index contributed by atoms with van der Waals surface area (Å²) in [5.41, 5.74) is 2.36. The quantitative estimate of drug-likeness (QED) is 0.484. The standard InChI is InChI=1S/C13H25N5O2S/c1-10(2)18(11(3)4)8-7-16-21(19,20)12-5-6-13(17-14)15-9-12/h5-6,9-11,16H,7-8,14H2,1-4H3,(H,15,17). The van der Waals surface area contributed by atoms with E-state index in [0.29, 0.717) is 31.0 Å². The van der Waals surface area contributed by atoms with E-state index in [1.165, 1.54) is 18.3 Å². The molecule has 0 saturated carbocycles. The number of rotatable bonds is 8. The zero-order valence-corrected chi connectivity index (χ0v) is 13.8. The fourth-order valence-electron chi connectivity index (χ4n) is 2.13. The third-order valence-corrected chi connectivity index (χ3v) is 4.63. The molecule has 0 amide bonds. The molecule has 4 N–H and O–H groups in total. The van der Waals surface area contributed by atoms with Crippen LogP contribution in [0.4, 0.5) is 5.82 Å². The number of nitrogens with two attached hydrogens (primary N) is 1. The van der Waals surface area contributed by atoms with Gasteiger partial charge < -0.3 is 5.43 Å². The summed E-state index contributed by atoms with van der Waals surface area (Å²) in [5.74, 6) is 5.61. The van der Waals surface area contributed by atoms with Crippen LogP contribution in [0.25, 0.3) is 0 Å². The number of nitrogen functional groups attached to an aromatic ring is 1. The lowest BCUT2D eigenvalue weighted by Gasteiger charge is -2.30. The zero-order chi connectivity index (χ0) is 16.0. The largest absolute Gasteiger partial charge is 0.308 e. The summed E-state index contributed by atoms with van der Waals surface area (Å²) in [7, 11) is -3.54. The van der Waals surface area contributed by atoms with Gasteiger partial charge in [0.15, 0.2) is 0 Å². The minimum Gasteiger partial charge on any atom is -0.308 e. The average Bonchev–Trinajstić information content (AvgIpc) is 2.42. The minimum absolute atomic E-state index is 0.127. The topological polar surface area (TPSA) is 100 Å². The Morgan fingerprint density at radius 3 is 2.29 bits per heavy atom. The second kappa shape index (κ2) is 7.69. The lowest BCUT2D eigenvalue weighted by molar-refractivity contribution is 0.179. The van der Waals surface area contributed by atoms with Gasteiger partial charge in [0.2, 0.25) is 10.0 Å². The van der Waals surface area contributed by atoms with Crippen LogP contribution < -0.4 is 16.0 Å². The number of pyridine rings is 1. The van der Waals surface area contributed by atoms with Gasteiger partial charge in [-0.05, 0) is 39.8 Å². The van der Waals surface area contributed by atoms with Crippen molar-refractivity contribution >= 4 is 15.8 Å². The maximum atomic E-state index is 12.1. The first-order chi connectivity index (χ1) is 9.77. The highest BCUT2D eigenvalue weighted by molar-refractivity contribution is 7.89. The first-order valence-corrected chi connectivity index (χ1v) is 8.44. The van der Waals surface area contributed by atoms with Crippen molar-refractivity contribution in [1.82, 2.24) is 14.6 Å². The van der Waals surface area contributed by atoms with E-state index in [-0.39, 0.29) is 4.90 Å². The summed E-state index contributed by atoms with van der Waals surface area (Å²) in [4.78, 5) is 6.25. The Kier molecular flexibility index (Phi) is 6.53. The number of hydrogen-bond acceptors (Lipinski definition) is 6. The highest BCUT2D eigenvalue weighted by atomic mass is 32.2. The summed E-state index contributed by atoms with van der Waals surface area (Å²) >= 11 is 0. The third-order valence-electron chi connectivity index (χ3n) is 3.18. The van der Waals surface area contributed by atoms with Crippen LogP contribution in [0.2, 0.25) is 0 Å². The molecule has 0 bridgehead atoms. The van der Waals surface area contributed by atoms with E-state index in [1.807, 2.05) is 0 Å². The smallest absolute Gasteiger partial charge is 0.242 e. The van der Waals surface area contributed by atoms with Crippen molar-refractivity contribution in [1.29, 1.82) is 0 Å². The number of aromatic nitrogens is 1. The molecule has 1 heterocycles. The molecule has 21 heavy (non-hydrogen) atoms. The van der Waals surface area contributed by atoms with Crippen LogP contribution in [0, 0.1) is 0 Å². The predicted molar refractivity (Wildman–Crippen MR) is 84.2 cm³/mol. The molecule has 7 nitrogen and oxygen atoms in total. The molecular weight excluding hydrogens is 290 g/mol. The van der Waals surface area contributed by atoms with Gasteiger partial charge in [0, 0.05) is 31.4 Å². The Morgan fingerprint density at radius 1 is 1.24 bits per heavy atom. The third kappa shape index (κ3) is 5.24. The number of nitrogens with zero attached hydrogens (tertiary/aromatic N) is 2. The minimum atomic E-state index is -3.54. The molecule has 1 aromatic rings. The highest BCUT2D eigenvalue weighted by Gasteiger charge is 2.17. The molecule has 120 valence electrons. The van der Waals surface area contributed by atoms with Crippen molar-refractivity contribution in [3.63, 3.8) is 0 Å². The number of sulfonamides is 1. The molecular formula is C13H25N5O2S. The van der Waals surface area contributed by atoms with E-state index in [2.05, 4.69) is 47.7 Å². The molecule has 0 spiro atoms. The maximum Gasteiger partial charge on any atom is 0.242 e. The zero-order valence-electron chi connectivity index (χ0n) is 13.0. The molecule has 0 aliphatic rings. The Morgan fingerprint density at radius 2 is 1.86 bits per heavy atom. The highest BCUT2D eigenvalue weighted by Crippen LogP contribution is 2.10. The monoisotopic (exact) mass is 315 g/mol. The fraction of sp³-hybridized carbons (Fsp3) is 0.615. The molecule has 1 aromatic heterocycles. The molecule has 8 heteroatoms. The van der Waals surface area contributed by atoms with Crippen molar-refractivity contribution in [3.05, 3.63) is 18.3 Å². The van der Waals surface area contributed by atoms with E-state index in [1.54, 1.807) is 0 Å². The molecule has 0 atom stereocenters. The van der Waals surface area contributed by atoms with Crippen LogP contribution >= 0.6 is 0 Å². The van der Waals surface area contributed by atoms with Gasteiger partial charge in [-0.25, -0.2) is 24.0 Å².